The second kappa shape index (κ2) is 6.46. The summed E-state index contributed by atoms with van der Waals surface area (Å²) in [5.41, 5.74) is 1.30. The lowest BCUT2D eigenvalue weighted by Crippen LogP contribution is -2.38. The zero-order valence-electron chi connectivity index (χ0n) is 13.1. The smallest absolute Gasteiger partial charge is 0.255 e. The maximum Gasteiger partial charge on any atom is 0.255 e. The van der Waals surface area contributed by atoms with Crippen molar-refractivity contribution in [2.24, 2.45) is 0 Å². The van der Waals surface area contributed by atoms with Gasteiger partial charge in [0.05, 0.1) is 22.2 Å². The van der Waals surface area contributed by atoms with Gasteiger partial charge in [-0.3, -0.25) is 9.78 Å². The molecule has 1 aliphatic heterocycles. The molecule has 0 unspecified atom stereocenters. The second-order valence-electron chi connectivity index (χ2n) is 5.66. The van der Waals surface area contributed by atoms with Crippen molar-refractivity contribution in [3.63, 3.8) is 0 Å². The van der Waals surface area contributed by atoms with Gasteiger partial charge in [0, 0.05) is 31.0 Å². The summed E-state index contributed by atoms with van der Waals surface area (Å²) >= 11 is 12.2. The van der Waals surface area contributed by atoms with Crippen LogP contribution in [0.15, 0.2) is 42.7 Å². The van der Waals surface area contributed by atoms with E-state index in [0.717, 1.165) is 17.2 Å². The summed E-state index contributed by atoms with van der Waals surface area (Å²) in [7, 11) is 0. The molecule has 0 fully saturated rings. The first-order valence-electron chi connectivity index (χ1n) is 7.71. The first kappa shape index (κ1) is 16.1. The normalized spacial score (nSPS) is 13.6. The molecule has 2 aromatic heterocycles. The molecule has 4 rings (SSSR count). The molecule has 1 aliphatic rings. The van der Waals surface area contributed by atoms with E-state index in [0.29, 0.717) is 30.2 Å². The highest BCUT2D eigenvalue weighted by Gasteiger charge is 2.27. The van der Waals surface area contributed by atoms with Gasteiger partial charge in [0.2, 0.25) is 0 Å². The molecule has 25 heavy (non-hydrogen) atoms. The Morgan fingerprint density at radius 3 is 2.76 bits per heavy atom. The van der Waals surface area contributed by atoms with Crippen LogP contribution in [0.2, 0.25) is 10.0 Å². The Kier molecular flexibility index (Phi) is 4.15. The summed E-state index contributed by atoms with van der Waals surface area (Å²) < 4.78 is 2.01. The summed E-state index contributed by atoms with van der Waals surface area (Å²) in [5.74, 6) is 1.33. The number of carbonyl (C=O) groups is 1. The lowest BCUT2D eigenvalue weighted by atomic mass is 10.2. The molecule has 0 saturated carbocycles. The first-order chi connectivity index (χ1) is 12.1. The number of rotatable bonds is 2. The molecule has 126 valence electrons. The highest BCUT2D eigenvalue weighted by Crippen LogP contribution is 2.28. The molecule has 0 saturated heterocycles. The van der Waals surface area contributed by atoms with Gasteiger partial charge >= 0.3 is 0 Å². The molecule has 8 heteroatoms. The molecule has 1 aromatic carbocycles. The van der Waals surface area contributed by atoms with Gasteiger partial charge in [0.25, 0.3) is 5.91 Å². The fourth-order valence-electron chi connectivity index (χ4n) is 2.88. The monoisotopic (exact) mass is 373 g/mol. The maximum absolute atomic E-state index is 12.8. The topological polar surface area (TPSA) is 63.9 Å². The zero-order valence-corrected chi connectivity index (χ0v) is 14.6. The molecule has 1 amide bonds. The van der Waals surface area contributed by atoms with Gasteiger partial charge in [-0.25, -0.2) is 0 Å². The Morgan fingerprint density at radius 1 is 1.08 bits per heavy atom. The Morgan fingerprint density at radius 2 is 1.96 bits per heavy atom. The molecular weight excluding hydrogens is 361 g/mol. The average Bonchev–Trinajstić information content (AvgIpc) is 3.07. The summed E-state index contributed by atoms with van der Waals surface area (Å²) in [5, 5.41) is 9.13. The Balaban J connectivity index is 1.61. The van der Waals surface area contributed by atoms with E-state index in [1.165, 1.54) is 0 Å². The van der Waals surface area contributed by atoms with Crippen LogP contribution >= 0.6 is 23.2 Å². The van der Waals surface area contributed by atoms with E-state index in [9.17, 15) is 4.79 Å². The van der Waals surface area contributed by atoms with Crippen molar-refractivity contribution in [1.29, 1.82) is 0 Å². The van der Waals surface area contributed by atoms with Gasteiger partial charge in [-0.05, 0) is 24.3 Å². The van der Waals surface area contributed by atoms with Gasteiger partial charge in [0.1, 0.15) is 0 Å². The second-order valence-corrected chi connectivity index (χ2v) is 6.45. The molecule has 0 radical (unpaired) electrons. The Hall–Kier alpha value is -2.44. The van der Waals surface area contributed by atoms with Crippen LogP contribution in [0.4, 0.5) is 0 Å². The molecule has 0 N–H and O–H groups in total. The average molecular weight is 374 g/mol. The lowest BCUT2D eigenvalue weighted by molar-refractivity contribution is 0.0708. The quantitative estimate of drug-likeness (QED) is 0.691. The van der Waals surface area contributed by atoms with E-state index in [1.54, 1.807) is 35.5 Å². The van der Waals surface area contributed by atoms with Crippen LogP contribution in [0.1, 0.15) is 16.2 Å². The van der Waals surface area contributed by atoms with Gasteiger partial charge in [-0.15, -0.1) is 10.2 Å². The lowest BCUT2D eigenvalue weighted by Gasteiger charge is -2.28. The molecule has 0 aliphatic carbocycles. The predicted octanol–water partition coefficient (Wildman–Crippen LogP) is 3.30. The zero-order chi connectivity index (χ0) is 17.4. The van der Waals surface area contributed by atoms with Crippen LogP contribution < -0.4 is 0 Å². The fraction of sp³-hybridized carbons (Fsp3) is 0.176. The third kappa shape index (κ3) is 2.88. The number of benzene rings is 1. The largest absolute Gasteiger partial charge is 0.329 e. The number of carbonyl (C=O) groups excluding carboxylic acids is 1. The van der Waals surface area contributed by atoms with E-state index < -0.39 is 0 Å². The van der Waals surface area contributed by atoms with Crippen molar-refractivity contribution in [3.05, 3.63) is 64.2 Å². The number of amides is 1. The number of nitrogens with zero attached hydrogens (tertiary/aromatic N) is 5. The maximum atomic E-state index is 12.8. The van der Waals surface area contributed by atoms with Crippen LogP contribution in [0, 0.1) is 0 Å². The predicted molar refractivity (Wildman–Crippen MR) is 94.5 cm³/mol. The molecular formula is C17H13Cl2N5O. The number of pyridine rings is 1. The third-order valence-corrected chi connectivity index (χ3v) is 4.96. The summed E-state index contributed by atoms with van der Waals surface area (Å²) in [6.45, 7) is 1.52. The summed E-state index contributed by atoms with van der Waals surface area (Å²) in [4.78, 5) is 18.6. The minimum absolute atomic E-state index is 0.162. The molecule has 0 spiro atoms. The molecule has 6 nitrogen and oxygen atoms in total. The van der Waals surface area contributed by atoms with Crippen molar-refractivity contribution in [1.82, 2.24) is 24.6 Å². The van der Waals surface area contributed by atoms with Gasteiger partial charge in [0.15, 0.2) is 11.6 Å². The van der Waals surface area contributed by atoms with Crippen molar-refractivity contribution in [2.75, 3.05) is 6.54 Å². The summed E-state index contributed by atoms with van der Waals surface area (Å²) in [6, 6.07) is 8.85. The van der Waals surface area contributed by atoms with E-state index in [2.05, 4.69) is 15.2 Å². The highest BCUT2D eigenvalue weighted by molar-refractivity contribution is 6.43. The summed E-state index contributed by atoms with van der Waals surface area (Å²) in [6.07, 6.45) is 3.46. The van der Waals surface area contributed by atoms with Crippen LogP contribution in [-0.2, 0) is 13.1 Å². The highest BCUT2D eigenvalue weighted by atomic mass is 35.5. The van der Waals surface area contributed by atoms with Crippen molar-refractivity contribution in [3.8, 4) is 11.4 Å². The third-order valence-electron chi connectivity index (χ3n) is 4.14. The van der Waals surface area contributed by atoms with Crippen LogP contribution in [0.3, 0.4) is 0 Å². The van der Waals surface area contributed by atoms with Gasteiger partial charge in [-0.2, -0.15) is 0 Å². The van der Waals surface area contributed by atoms with Crippen LogP contribution in [0.5, 0.6) is 0 Å². The van der Waals surface area contributed by atoms with Gasteiger partial charge in [-0.1, -0.05) is 29.3 Å². The van der Waals surface area contributed by atoms with E-state index in [4.69, 9.17) is 23.2 Å². The Labute approximate surface area is 154 Å². The number of fused-ring (bicyclic) bond motifs is 1. The van der Waals surface area contributed by atoms with Crippen molar-refractivity contribution in [2.45, 2.75) is 13.1 Å². The molecule has 3 aromatic rings. The fourth-order valence-corrected chi connectivity index (χ4v) is 3.26. The van der Waals surface area contributed by atoms with E-state index >= 15 is 0 Å². The number of halogens is 2. The van der Waals surface area contributed by atoms with E-state index in [1.807, 2.05) is 16.7 Å². The van der Waals surface area contributed by atoms with Gasteiger partial charge < -0.3 is 9.47 Å². The number of hydrogen-bond acceptors (Lipinski definition) is 4. The number of aromatic nitrogens is 4. The molecule has 0 bridgehead atoms. The van der Waals surface area contributed by atoms with Crippen LogP contribution in [-0.4, -0.2) is 37.1 Å². The first-order valence-corrected chi connectivity index (χ1v) is 8.46. The Bertz CT molecular complexity index is 941. The van der Waals surface area contributed by atoms with Crippen LogP contribution in [0.25, 0.3) is 11.4 Å². The van der Waals surface area contributed by atoms with E-state index in [-0.39, 0.29) is 10.9 Å². The molecule has 3 heterocycles. The minimum Gasteiger partial charge on any atom is -0.329 e. The minimum atomic E-state index is -0.162. The van der Waals surface area contributed by atoms with Crippen molar-refractivity contribution < 1.29 is 4.79 Å². The standard InChI is InChI=1S/C17H13Cl2N5O/c18-13-5-1-4-12(15(13)19)17(25)23-7-8-24-14(10-23)21-22-16(24)11-3-2-6-20-9-11/h1-6,9H,7-8,10H2. The number of hydrogen-bond donors (Lipinski definition) is 0. The molecule has 0 atom stereocenters. The SMILES string of the molecule is O=C(c1cccc(Cl)c1Cl)N1CCn2c(nnc2-c2cccnc2)C1. The van der Waals surface area contributed by atoms with Crippen molar-refractivity contribution >= 4 is 29.1 Å².